The van der Waals surface area contributed by atoms with E-state index >= 15 is 0 Å². The van der Waals surface area contributed by atoms with E-state index in [9.17, 15) is 4.79 Å². The molecule has 1 aromatic carbocycles. The SMILES string of the molecule is CCCn1cc(N)cc1C(=O)Nc1cccc(N(C)C)c1. The zero-order valence-corrected chi connectivity index (χ0v) is 12.8. The van der Waals surface area contributed by atoms with Gasteiger partial charge in [-0.15, -0.1) is 0 Å². The molecule has 0 saturated heterocycles. The van der Waals surface area contributed by atoms with Crippen molar-refractivity contribution in [2.75, 3.05) is 30.0 Å². The summed E-state index contributed by atoms with van der Waals surface area (Å²) in [6, 6.07) is 9.44. The third-order valence-electron chi connectivity index (χ3n) is 3.24. The predicted molar refractivity (Wildman–Crippen MR) is 87.9 cm³/mol. The van der Waals surface area contributed by atoms with Gasteiger partial charge in [-0.2, -0.15) is 0 Å². The van der Waals surface area contributed by atoms with Crippen LogP contribution in [0.5, 0.6) is 0 Å². The minimum Gasteiger partial charge on any atom is -0.397 e. The fourth-order valence-corrected chi connectivity index (χ4v) is 2.21. The molecule has 0 radical (unpaired) electrons. The molecule has 112 valence electrons. The second kappa shape index (κ2) is 6.35. The van der Waals surface area contributed by atoms with Crippen molar-refractivity contribution in [3.8, 4) is 0 Å². The number of nitrogens with one attached hydrogen (secondary N) is 1. The van der Waals surface area contributed by atoms with Gasteiger partial charge in [0.2, 0.25) is 0 Å². The maximum atomic E-state index is 12.4. The van der Waals surface area contributed by atoms with E-state index in [2.05, 4.69) is 12.2 Å². The number of nitrogen functional groups attached to an aromatic ring is 1. The lowest BCUT2D eigenvalue weighted by atomic mass is 10.2. The highest BCUT2D eigenvalue weighted by Gasteiger charge is 2.13. The lowest BCUT2D eigenvalue weighted by Crippen LogP contribution is -2.17. The lowest BCUT2D eigenvalue weighted by molar-refractivity contribution is 0.101. The number of rotatable bonds is 5. The number of anilines is 3. The number of carbonyl (C=O) groups excluding carboxylic acids is 1. The van der Waals surface area contributed by atoms with Crippen LogP contribution in [0.25, 0.3) is 0 Å². The fraction of sp³-hybridized carbons (Fsp3) is 0.312. The van der Waals surface area contributed by atoms with E-state index in [-0.39, 0.29) is 5.91 Å². The molecule has 0 bridgehead atoms. The molecule has 21 heavy (non-hydrogen) atoms. The molecular formula is C16H22N4O. The topological polar surface area (TPSA) is 63.3 Å². The van der Waals surface area contributed by atoms with Crippen LogP contribution in [0.4, 0.5) is 17.1 Å². The predicted octanol–water partition coefficient (Wildman–Crippen LogP) is 2.80. The van der Waals surface area contributed by atoms with E-state index in [0.717, 1.165) is 24.3 Å². The monoisotopic (exact) mass is 286 g/mol. The Morgan fingerprint density at radius 2 is 2.10 bits per heavy atom. The largest absolute Gasteiger partial charge is 0.397 e. The Kier molecular flexibility index (Phi) is 4.52. The third kappa shape index (κ3) is 3.56. The van der Waals surface area contributed by atoms with Crippen molar-refractivity contribution in [1.29, 1.82) is 0 Å². The summed E-state index contributed by atoms with van der Waals surface area (Å²) in [5, 5.41) is 2.92. The maximum Gasteiger partial charge on any atom is 0.272 e. The van der Waals surface area contributed by atoms with Crippen molar-refractivity contribution in [1.82, 2.24) is 4.57 Å². The number of aryl methyl sites for hydroxylation is 1. The highest BCUT2D eigenvalue weighted by Crippen LogP contribution is 2.19. The van der Waals surface area contributed by atoms with Crippen LogP contribution in [0.3, 0.4) is 0 Å². The number of hydrogen-bond acceptors (Lipinski definition) is 3. The van der Waals surface area contributed by atoms with Crippen molar-refractivity contribution in [2.24, 2.45) is 0 Å². The van der Waals surface area contributed by atoms with Crippen molar-refractivity contribution in [2.45, 2.75) is 19.9 Å². The average Bonchev–Trinajstić information content (AvgIpc) is 2.80. The Morgan fingerprint density at radius 1 is 1.33 bits per heavy atom. The zero-order valence-electron chi connectivity index (χ0n) is 12.8. The van der Waals surface area contributed by atoms with Crippen LogP contribution in [0.2, 0.25) is 0 Å². The first-order valence-electron chi connectivity index (χ1n) is 7.05. The molecule has 0 aliphatic carbocycles. The van der Waals surface area contributed by atoms with Gasteiger partial charge in [0.25, 0.3) is 5.91 Å². The summed E-state index contributed by atoms with van der Waals surface area (Å²) >= 11 is 0. The lowest BCUT2D eigenvalue weighted by Gasteiger charge is -2.14. The highest BCUT2D eigenvalue weighted by atomic mass is 16.1. The molecular weight excluding hydrogens is 264 g/mol. The normalized spacial score (nSPS) is 10.4. The van der Waals surface area contributed by atoms with Crippen molar-refractivity contribution in [3.63, 3.8) is 0 Å². The van der Waals surface area contributed by atoms with Crippen molar-refractivity contribution < 1.29 is 4.79 Å². The molecule has 0 atom stereocenters. The third-order valence-corrected chi connectivity index (χ3v) is 3.24. The van der Waals surface area contributed by atoms with Crippen molar-refractivity contribution in [3.05, 3.63) is 42.2 Å². The van der Waals surface area contributed by atoms with E-state index in [1.54, 1.807) is 12.3 Å². The van der Waals surface area contributed by atoms with E-state index in [4.69, 9.17) is 5.73 Å². The molecule has 3 N–H and O–H groups in total. The van der Waals surface area contributed by atoms with Crippen LogP contribution < -0.4 is 16.0 Å². The Balaban J connectivity index is 2.20. The number of benzene rings is 1. The summed E-state index contributed by atoms with van der Waals surface area (Å²) in [6.07, 6.45) is 2.75. The number of nitrogens with zero attached hydrogens (tertiary/aromatic N) is 2. The molecule has 2 aromatic rings. The standard InChI is InChI=1S/C16H22N4O/c1-4-8-20-11-12(17)9-15(20)16(21)18-13-6-5-7-14(10-13)19(2)3/h5-7,9-11H,4,8,17H2,1-3H3,(H,18,21). The van der Waals surface area contributed by atoms with Crippen LogP contribution in [-0.2, 0) is 6.54 Å². The number of carbonyl (C=O) groups is 1. The second-order valence-corrected chi connectivity index (χ2v) is 5.25. The first kappa shape index (κ1) is 15.0. The fourth-order valence-electron chi connectivity index (χ4n) is 2.21. The Morgan fingerprint density at radius 3 is 2.76 bits per heavy atom. The molecule has 5 heteroatoms. The molecule has 0 aliphatic heterocycles. The number of hydrogen-bond donors (Lipinski definition) is 2. The van der Waals surface area contributed by atoms with Crippen LogP contribution in [0, 0.1) is 0 Å². The molecule has 1 amide bonds. The van der Waals surface area contributed by atoms with Gasteiger partial charge in [-0.1, -0.05) is 13.0 Å². The van der Waals surface area contributed by atoms with E-state index in [0.29, 0.717) is 11.4 Å². The van der Waals surface area contributed by atoms with Crippen LogP contribution in [0.15, 0.2) is 36.5 Å². The summed E-state index contributed by atoms with van der Waals surface area (Å²) < 4.78 is 1.89. The number of aromatic nitrogens is 1. The Bertz CT molecular complexity index is 631. The summed E-state index contributed by atoms with van der Waals surface area (Å²) in [7, 11) is 3.93. The van der Waals surface area contributed by atoms with Gasteiger partial charge in [0.1, 0.15) is 5.69 Å². The van der Waals surface area contributed by atoms with Gasteiger partial charge in [-0.05, 0) is 30.7 Å². The summed E-state index contributed by atoms with van der Waals surface area (Å²) in [6.45, 7) is 2.84. The van der Waals surface area contributed by atoms with Crippen molar-refractivity contribution >= 4 is 23.0 Å². The Hall–Kier alpha value is -2.43. The van der Waals surface area contributed by atoms with Crippen LogP contribution >= 0.6 is 0 Å². The highest BCUT2D eigenvalue weighted by molar-refractivity contribution is 6.04. The van der Waals surface area contributed by atoms with Gasteiger partial charge in [-0.3, -0.25) is 4.79 Å². The molecule has 2 rings (SSSR count). The van der Waals surface area contributed by atoms with Gasteiger partial charge in [-0.25, -0.2) is 0 Å². The quantitative estimate of drug-likeness (QED) is 0.888. The molecule has 1 heterocycles. The van der Waals surface area contributed by atoms with E-state index < -0.39 is 0 Å². The van der Waals surface area contributed by atoms with Crippen LogP contribution in [0.1, 0.15) is 23.8 Å². The first-order chi connectivity index (χ1) is 10.0. The molecule has 0 spiro atoms. The summed E-state index contributed by atoms with van der Waals surface area (Å²) in [5.41, 5.74) is 8.80. The molecule has 5 nitrogen and oxygen atoms in total. The van der Waals surface area contributed by atoms with Crippen LogP contribution in [-0.4, -0.2) is 24.6 Å². The smallest absolute Gasteiger partial charge is 0.272 e. The first-order valence-corrected chi connectivity index (χ1v) is 7.05. The second-order valence-electron chi connectivity index (χ2n) is 5.25. The summed E-state index contributed by atoms with van der Waals surface area (Å²) in [5.74, 6) is -0.143. The van der Waals surface area contributed by atoms with Gasteiger partial charge in [0.15, 0.2) is 0 Å². The summed E-state index contributed by atoms with van der Waals surface area (Å²) in [4.78, 5) is 14.4. The van der Waals surface area contributed by atoms with Gasteiger partial charge in [0, 0.05) is 38.2 Å². The van der Waals surface area contributed by atoms with Gasteiger partial charge >= 0.3 is 0 Å². The minimum absolute atomic E-state index is 0.143. The minimum atomic E-state index is -0.143. The molecule has 1 aromatic heterocycles. The number of amides is 1. The zero-order chi connectivity index (χ0) is 15.4. The molecule has 0 saturated carbocycles. The van der Waals surface area contributed by atoms with E-state index in [1.165, 1.54) is 0 Å². The number of nitrogens with two attached hydrogens (primary N) is 1. The van der Waals surface area contributed by atoms with Gasteiger partial charge in [0.05, 0.1) is 5.69 Å². The van der Waals surface area contributed by atoms with E-state index in [1.807, 2.05) is 47.8 Å². The molecule has 0 unspecified atom stereocenters. The maximum absolute atomic E-state index is 12.4. The average molecular weight is 286 g/mol. The Labute approximate surface area is 125 Å². The molecule has 0 aliphatic rings. The molecule has 0 fully saturated rings. The van der Waals surface area contributed by atoms with Gasteiger partial charge < -0.3 is 20.5 Å².